The van der Waals surface area contributed by atoms with Crippen molar-refractivity contribution in [2.45, 2.75) is 63.3 Å². The molecule has 4 heteroatoms. The lowest BCUT2D eigenvalue weighted by Crippen LogP contribution is -2.44. The molecule has 0 aromatic heterocycles. The van der Waals surface area contributed by atoms with Crippen LogP contribution >= 0.6 is 11.8 Å². The Balaban J connectivity index is 2.15. The number of carbonyl (C=O) groups excluding carboxylic acids is 1. The quantitative estimate of drug-likeness (QED) is 0.767. The lowest BCUT2D eigenvalue weighted by Gasteiger charge is -2.28. The maximum atomic E-state index is 11.7. The van der Waals surface area contributed by atoms with Crippen molar-refractivity contribution in [3.05, 3.63) is 0 Å². The molecule has 0 aromatic carbocycles. The first kappa shape index (κ1) is 14.8. The maximum Gasteiger partial charge on any atom is 0.234 e. The van der Waals surface area contributed by atoms with Crippen LogP contribution in [0, 0.1) is 0 Å². The van der Waals surface area contributed by atoms with E-state index in [2.05, 4.69) is 30.7 Å². The first-order valence-electron chi connectivity index (χ1n) is 6.71. The summed E-state index contributed by atoms with van der Waals surface area (Å²) in [5.41, 5.74) is 0. The monoisotopic (exact) mass is 258 g/mol. The topological polar surface area (TPSA) is 41.1 Å². The van der Waals surface area contributed by atoms with E-state index in [1.807, 2.05) is 11.8 Å². The van der Waals surface area contributed by atoms with Crippen LogP contribution in [-0.4, -0.2) is 36.0 Å². The zero-order valence-corrected chi connectivity index (χ0v) is 12.1. The molecule has 0 aromatic rings. The molecule has 0 aliphatic heterocycles. The summed E-state index contributed by atoms with van der Waals surface area (Å²) in [7, 11) is 0. The lowest BCUT2D eigenvalue weighted by atomic mass is 9.95. The van der Waals surface area contributed by atoms with E-state index in [0.29, 0.717) is 18.6 Å². The third kappa shape index (κ3) is 5.77. The normalized spacial score (nSPS) is 26.5. The number of hydrogen-bond acceptors (Lipinski definition) is 3. The minimum absolute atomic E-state index is 0.151. The van der Waals surface area contributed by atoms with E-state index in [0.717, 1.165) is 24.5 Å². The minimum Gasteiger partial charge on any atom is -0.352 e. The summed E-state index contributed by atoms with van der Waals surface area (Å²) in [6.45, 7) is 4.69. The van der Waals surface area contributed by atoms with Gasteiger partial charge in [0.1, 0.15) is 0 Å². The molecule has 0 heterocycles. The van der Waals surface area contributed by atoms with Crippen LogP contribution in [0.4, 0.5) is 0 Å². The number of amides is 1. The van der Waals surface area contributed by atoms with Crippen LogP contribution in [0.25, 0.3) is 0 Å². The van der Waals surface area contributed by atoms with E-state index in [1.165, 1.54) is 12.8 Å². The predicted molar refractivity (Wildman–Crippen MR) is 75.5 cm³/mol. The molecule has 1 unspecified atom stereocenters. The summed E-state index contributed by atoms with van der Waals surface area (Å²) < 4.78 is 0. The van der Waals surface area contributed by atoms with Crippen molar-refractivity contribution in [2.75, 3.05) is 12.8 Å². The van der Waals surface area contributed by atoms with Crippen LogP contribution in [0.2, 0.25) is 0 Å². The van der Waals surface area contributed by atoms with Crippen molar-refractivity contribution in [2.24, 2.45) is 0 Å². The van der Waals surface area contributed by atoms with Gasteiger partial charge in [-0.05, 0) is 45.3 Å². The van der Waals surface area contributed by atoms with Crippen LogP contribution in [0.1, 0.15) is 46.0 Å². The van der Waals surface area contributed by atoms with Gasteiger partial charge in [-0.15, -0.1) is 0 Å². The van der Waals surface area contributed by atoms with Crippen molar-refractivity contribution in [1.29, 1.82) is 0 Å². The zero-order valence-electron chi connectivity index (χ0n) is 11.3. The Hall–Kier alpha value is -0.220. The fraction of sp³-hybridized carbons (Fsp3) is 0.923. The number of hydrogen-bond donors (Lipinski definition) is 2. The Morgan fingerprint density at radius 3 is 2.53 bits per heavy atom. The first-order chi connectivity index (χ1) is 8.15. The zero-order chi connectivity index (χ0) is 12.7. The predicted octanol–water partition coefficient (Wildman–Crippen LogP) is 2.16. The summed E-state index contributed by atoms with van der Waals surface area (Å²) >= 11 is 1.96. The molecule has 1 fully saturated rings. The Morgan fingerprint density at radius 1 is 1.35 bits per heavy atom. The Morgan fingerprint density at radius 2 is 2.00 bits per heavy atom. The van der Waals surface area contributed by atoms with Crippen LogP contribution in [0.15, 0.2) is 0 Å². The van der Waals surface area contributed by atoms with Crippen LogP contribution in [0.3, 0.4) is 0 Å². The maximum absolute atomic E-state index is 11.7. The van der Waals surface area contributed by atoms with Crippen molar-refractivity contribution in [1.82, 2.24) is 10.6 Å². The van der Waals surface area contributed by atoms with Gasteiger partial charge >= 0.3 is 0 Å². The van der Waals surface area contributed by atoms with Gasteiger partial charge in [0.15, 0.2) is 0 Å². The van der Waals surface area contributed by atoms with Crippen molar-refractivity contribution in [3.8, 4) is 0 Å². The van der Waals surface area contributed by atoms with Crippen molar-refractivity contribution in [3.63, 3.8) is 0 Å². The highest BCUT2D eigenvalue weighted by atomic mass is 32.2. The van der Waals surface area contributed by atoms with Gasteiger partial charge in [-0.25, -0.2) is 0 Å². The van der Waals surface area contributed by atoms with E-state index >= 15 is 0 Å². The van der Waals surface area contributed by atoms with Crippen LogP contribution in [0.5, 0.6) is 0 Å². The average Bonchev–Trinajstić information content (AvgIpc) is 2.36. The Labute approximate surface area is 109 Å². The largest absolute Gasteiger partial charge is 0.352 e. The summed E-state index contributed by atoms with van der Waals surface area (Å²) in [4.78, 5) is 11.7. The molecule has 0 bridgehead atoms. The SMILES string of the molecule is CCC(C)NCC(=O)NC1CCC(SC)CC1. The first-order valence-corrected chi connectivity index (χ1v) is 8.00. The van der Waals surface area contributed by atoms with Gasteiger partial charge in [0.2, 0.25) is 5.91 Å². The highest BCUT2D eigenvalue weighted by Gasteiger charge is 2.21. The highest BCUT2D eigenvalue weighted by molar-refractivity contribution is 7.99. The Bertz CT molecular complexity index is 227. The molecule has 1 rings (SSSR count). The standard InChI is InChI=1S/C13H26N2OS/c1-4-10(2)14-9-13(16)15-11-5-7-12(17-3)8-6-11/h10-12,14H,4-9H2,1-3H3,(H,15,16). The fourth-order valence-corrected chi connectivity index (χ4v) is 2.88. The third-order valence-electron chi connectivity index (χ3n) is 3.60. The summed E-state index contributed by atoms with van der Waals surface area (Å²) in [6, 6.07) is 0.831. The Kier molecular flexibility index (Phi) is 6.97. The fourth-order valence-electron chi connectivity index (χ4n) is 2.13. The molecule has 0 radical (unpaired) electrons. The van der Waals surface area contributed by atoms with Gasteiger partial charge in [-0.1, -0.05) is 6.92 Å². The van der Waals surface area contributed by atoms with Gasteiger partial charge in [-0.3, -0.25) is 4.79 Å². The van der Waals surface area contributed by atoms with Gasteiger partial charge in [0, 0.05) is 17.3 Å². The lowest BCUT2D eigenvalue weighted by molar-refractivity contribution is -0.121. The van der Waals surface area contributed by atoms with E-state index in [9.17, 15) is 4.79 Å². The minimum atomic E-state index is 0.151. The summed E-state index contributed by atoms with van der Waals surface area (Å²) in [5, 5.41) is 7.16. The van der Waals surface area contributed by atoms with Gasteiger partial charge < -0.3 is 10.6 Å². The molecular weight excluding hydrogens is 232 g/mol. The van der Waals surface area contributed by atoms with Gasteiger partial charge in [0.25, 0.3) is 0 Å². The molecule has 1 aliphatic rings. The molecule has 1 atom stereocenters. The van der Waals surface area contributed by atoms with E-state index < -0.39 is 0 Å². The molecule has 0 spiro atoms. The van der Waals surface area contributed by atoms with Crippen molar-refractivity contribution >= 4 is 17.7 Å². The second-order valence-electron chi connectivity index (χ2n) is 4.97. The smallest absolute Gasteiger partial charge is 0.234 e. The van der Waals surface area contributed by atoms with Gasteiger partial charge in [0.05, 0.1) is 6.54 Å². The molecule has 2 N–H and O–H groups in total. The number of nitrogens with one attached hydrogen (secondary N) is 2. The van der Waals surface area contributed by atoms with E-state index in [-0.39, 0.29) is 5.91 Å². The molecule has 0 saturated heterocycles. The summed E-state index contributed by atoms with van der Waals surface area (Å²) in [5.74, 6) is 0.151. The second kappa shape index (κ2) is 7.98. The molecule has 17 heavy (non-hydrogen) atoms. The third-order valence-corrected chi connectivity index (χ3v) is 4.73. The van der Waals surface area contributed by atoms with Crippen molar-refractivity contribution < 1.29 is 4.79 Å². The molecule has 1 amide bonds. The molecular formula is C13H26N2OS. The van der Waals surface area contributed by atoms with Crippen LogP contribution < -0.4 is 10.6 Å². The molecule has 3 nitrogen and oxygen atoms in total. The molecule has 1 aliphatic carbocycles. The van der Waals surface area contributed by atoms with Gasteiger partial charge in [-0.2, -0.15) is 11.8 Å². The number of carbonyl (C=O) groups is 1. The molecule has 100 valence electrons. The number of rotatable bonds is 6. The second-order valence-corrected chi connectivity index (χ2v) is 6.11. The van der Waals surface area contributed by atoms with E-state index in [4.69, 9.17) is 0 Å². The highest BCUT2D eigenvalue weighted by Crippen LogP contribution is 2.26. The summed E-state index contributed by atoms with van der Waals surface area (Å²) in [6.07, 6.45) is 8.00. The number of thioether (sulfide) groups is 1. The van der Waals surface area contributed by atoms with Crippen LogP contribution in [-0.2, 0) is 4.79 Å². The average molecular weight is 258 g/mol. The van der Waals surface area contributed by atoms with E-state index in [1.54, 1.807) is 0 Å². The molecule has 1 saturated carbocycles.